The number of hydrogen-bond donors (Lipinski definition) is 2. The summed E-state index contributed by atoms with van der Waals surface area (Å²) in [4.78, 5) is 9.08. The highest BCUT2D eigenvalue weighted by molar-refractivity contribution is 5.57. The van der Waals surface area contributed by atoms with E-state index in [1.54, 1.807) is 0 Å². The van der Waals surface area contributed by atoms with E-state index in [1.165, 1.54) is 5.56 Å². The number of rotatable bonds is 3. The number of nitrogens with one attached hydrogen (secondary N) is 1. The Labute approximate surface area is 123 Å². The largest absolute Gasteiger partial charge is 0.491 e. The number of nitrogens with two attached hydrogens (primary N) is 1. The summed E-state index contributed by atoms with van der Waals surface area (Å²) in [5.74, 6) is 3.70. The SMILES string of the molecule is Cc1c(N)nc(C2CC2)nc1NC1COc2ccccc21. The van der Waals surface area contributed by atoms with Crippen LogP contribution in [0.5, 0.6) is 5.75 Å². The fourth-order valence-corrected chi connectivity index (χ4v) is 2.66. The van der Waals surface area contributed by atoms with Crippen LogP contribution in [-0.4, -0.2) is 16.6 Å². The molecule has 108 valence electrons. The molecule has 1 aliphatic carbocycles. The van der Waals surface area contributed by atoms with Crippen molar-refractivity contribution in [3.05, 3.63) is 41.2 Å². The Morgan fingerprint density at radius 1 is 1.24 bits per heavy atom. The van der Waals surface area contributed by atoms with E-state index < -0.39 is 0 Å². The first-order valence-electron chi connectivity index (χ1n) is 7.34. The Morgan fingerprint density at radius 2 is 2.05 bits per heavy atom. The Hall–Kier alpha value is -2.30. The summed E-state index contributed by atoms with van der Waals surface area (Å²) in [5, 5.41) is 3.47. The van der Waals surface area contributed by atoms with Crippen molar-refractivity contribution < 1.29 is 4.74 Å². The van der Waals surface area contributed by atoms with Gasteiger partial charge in [-0.05, 0) is 25.8 Å². The van der Waals surface area contributed by atoms with E-state index in [1.807, 2.05) is 25.1 Å². The molecule has 1 unspecified atom stereocenters. The molecule has 2 aromatic rings. The molecule has 4 rings (SSSR count). The third-order valence-corrected chi connectivity index (χ3v) is 4.15. The number of nitrogens with zero attached hydrogens (tertiary/aromatic N) is 2. The predicted octanol–water partition coefficient (Wildman–Crippen LogP) is 2.79. The highest BCUT2D eigenvalue weighted by Crippen LogP contribution is 2.40. The molecular weight excluding hydrogens is 264 g/mol. The molecule has 2 aliphatic rings. The highest BCUT2D eigenvalue weighted by atomic mass is 16.5. The molecule has 0 saturated heterocycles. The summed E-state index contributed by atoms with van der Waals surface area (Å²) in [6.07, 6.45) is 2.33. The summed E-state index contributed by atoms with van der Waals surface area (Å²) < 4.78 is 5.71. The molecule has 0 amide bonds. The third-order valence-electron chi connectivity index (χ3n) is 4.15. The number of ether oxygens (including phenoxy) is 1. The molecule has 2 heterocycles. The lowest BCUT2D eigenvalue weighted by atomic mass is 10.1. The van der Waals surface area contributed by atoms with Crippen LogP contribution >= 0.6 is 0 Å². The highest BCUT2D eigenvalue weighted by Gasteiger charge is 2.29. The fraction of sp³-hybridized carbons (Fsp3) is 0.375. The lowest BCUT2D eigenvalue weighted by Crippen LogP contribution is -2.16. The first kappa shape index (κ1) is 12.4. The van der Waals surface area contributed by atoms with Crippen LogP contribution in [0.4, 0.5) is 11.6 Å². The number of aromatic nitrogens is 2. The van der Waals surface area contributed by atoms with Gasteiger partial charge in [-0.25, -0.2) is 9.97 Å². The number of para-hydroxylation sites is 1. The maximum absolute atomic E-state index is 6.03. The zero-order valence-electron chi connectivity index (χ0n) is 12.0. The minimum Gasteiger partial charge on any atom is -0.491 e. The van der Waals surface area contributed by atoms with Crippen molar-refractivity contribution in [2.45, 2.75) is 31.7 Å². The number of benzene rings is 1. The van der Waals surface area contributed by atoms with Gasteiger partial charge in [-0.1, -0.05) is 18.2 Å². The van der Waals surface area contributed by atoms with Crippen LogP contribution in [0.1, 0.15) is 41.8 Å². The smallest absolute Gasteiger partial charge is 0.136 e. The van der Waals surface area contributed by atoms with Crippen LogP contribution in [0.3, 0.4) is 0 Å². The van der Waals surface area contributed by atoms with Crippen LogP contribution < -0.4 is 15.8 Å². The molecule has 1 saturated carbocycles. The van der Waals surface area contributed by atoms with Gasteiger partial charge in [0.15, 0.2) is 0 Å². The zero-order valence-corrected chi connectivity index (χ0v) is 12.0. The number of hydrogen-bond acceptors (Lipinski definition) is 5. The van der Waals surface area contributed by atoms with Gasteiger partial charge in [-0.15, -0.1) is 0 Å². The first-order valence-corrected chi connectivity index (χ1v) is 7.34. The summed E-state index contributed by atoms with van der Waals surface area (Å²) in [6, 6.07) is 8.20. The summed E-state index contributed by atoms with van der Waals surface area (Å²) in [6.45, 7) is 2.57. The molecule has 0 radical (unpaired) electrons. The molecule has 0 spiro atoms. The minimum absolute atomic E-state index is 0.112. The van der Waals surface area contributed by atoms with Crippen molar-refractivity contribution in [2.24, 2.45) is 0 Å². The Balaban J connectivity index is 1.66. The van der Waals surface area contributed by atoms with E-state index in [0.717, 1.165) is 35.8 Å². The standard InChI is InChI=1S/C16H18N4O/c1-9-14(17)19-16(10-6-7-10)20-15(9)18-12-8-21-13-5-3-2-4-11(12)13/h2-5,10,12H,6-8H2,1H3,(H3,17,18,19,20). The monoisotopic (exact) mass is 282 g/mol. The van der Waals surface area contributed by atoms with Crippen molar-refractivity contribution in [1.29, 1.82) is 0 Å². The van der Waals surface area contributed by atoms with Crippen molar-refractivity contribution in [3.63, 3.8) is 0 Å². The van der Waals surface area contributed by atoms with Gasteiger partial charge in [-0.3, -0.25) is 0 Å². The van der Waals surface area contributed by atoms with Crippen molar-refractivity contribution in [1.82, 2.24) is 9.97 Å². The molecule has 1 aliphatic heterocycles. The van der Waals surface area contributed by atoms with Gasteiger partial charge < -0.3 is 15.8 Å². The Kier molecular flexibility index (Phi) is 2.74. The van der Waals surface area contributed by atoms with Crippen LogP contribution in [0.2, 0.25) is 0 Å². The molecule has 5 nitrogen and oxygen atoms in total. The van der Waals surface area contributed by atoms with E-state index in [-0.39, 0.29) is 6.04 Å². The maximum atomic E-state index is 6.03. The summed E-state index contributed by atoms with van der Waals surface area (Å²) in [5.41, 5.74) is 8.11. The average Bonchev–Trinajstić information content (AvgIpc) is 3.26. The molecule has 1 aromatic heterocycles. The number of fused-ring (bicyclic) bond motifs is 1. The second-order valence-electron chi connectivity index (χ2n) is 5.76. The predicted molar refractivity (Wildman–Crippen MR) is 81.5 cm³/mol. The van der Waals surface area contributed by atoms with Gasteiger partial charge in [0.25, 0.3) is 0 Å². The quantitative estimate of drug-likeness (QED) is 0.905. The summed E-state index contributed by atoms with van der Waals surface area (Å²) >= 11 is 0. The van der Waals surface area contributed by atoms with Crippen molar-refractivity contribution >= 4 is 11.6 Å². The second-order valence-corrected chi connectivity index (χ2v) is 5.76. The maximum Gasteiger partial charge on any atom is 0.136 e. The van der Waals surface area contributed by atoms with Crippen molar-refractivity contribution in [2.75, 3.05) is 17.7 Å². The molecule has 5 heteroatoms. The Bertz CT molecular complexity index is 697. The van der Waals surface area contributed by atoms with E-state index in [4.69, 9.17) is 10.5 Å². The molecule has 3 N–H and O–H groups in total. The minimum atomic E-state index is 0.112. The molecule has 1 aromatic carbocycles. The summed E-state index contributed by atoms with van der Waals surface area (Å²) in [7, 11) is 0. The first-order chi connectivity index (χ1) is 10.2. The van der Waals surface area contributed by atoms with Gasteiger partial charge in [0, 0.05) is 17.0 Å². The van der Waals surface area contributed by atoms with Gasteiger partial charge >= 0.3 is 0 Å². The lowest BCUT2D eigenvalue weighted by Gasteiger charge is -2.16. The zero-order chi connectivity index (χ0) is 14.4. The van der Waals surface area contributed by atoms with Gasteiger partial charge in [0.05, 0.1) is 6.04 Å². The van der Waals surface area contributed by atoms with Gasteiger partial charge in [0.2, 0.25) is 0 Å². The van der Waals surface area contributed by atoms with Crippen LogP contribution in [0.25, 0.3) is 0 Å². The molecular formula is C16H18N4O. The molecule has 0 bridgehead atoms. The molecule has 1 atom stereocenters. The van der Waals surface area contributed by atoms with Crippen LogP contribution in [0, 0.1) is 6.92 Å². The number of anilines is 2. The van der Waals surface area contributed by atoms with Gasteiger partial charge in [0.1, 0.15) is 29.8 Å². The normalized spacial score (nSPS) is 20.0. The Morgan fingerprint density at radius 3 is 2.86 bits per heavy atom. The lowest BCUT2D eigenvalue weighted by molar-refractivity contribution is 0.339. The third kappa shape index (κ3) is 2.18. The van der Waals surface area contributed by atoms with E-state index in [0.29, 0.717) is 18.3 Å². The number of nitrogen functional groups attached to an aromatic ring is 1. The fourth-order valence-electron chi connectivity index (χ4n) is 2.66. The van der Waals surface area contributed by atoms with Crippen molar-refractivity contribution in [3.8, 4) is 5.75 Å². The molecule has 21 heavy (non-hydrogen) atoms. The van der Waals surface area contributed by atoms with Gasteiger partial charge in [-0.2, -0.15) is 0 Å². The van der Waals surface area contributed by atoms with Crippen LogP contribution in [0.15, 0.2) is 24.3 Å². The topological polar surface area (TPSA) is 73.1 Å². The average molecular weight is 282 g/mol. The van der Waals surface area contributed by atoms with E-state index in [2.05, 4.69) is 21.4 Å². The molecule has 1 fully saturated rings. The van der Waals surface area contributed by atoms with E-state index in [9.17, 15) is 0 Å². The second kappa shape index (κ2) is 4.62. The van der Waals surface area contributed by atoms with Crippen LogP contribution in [-0.2, 0) is 0 Å². The van der Waals surface area contributed by atoms with E-state index >= 15 is 0 Å².